The van der Waals surface area contributed by atoms with E-state index in [2.05, 4.69) is 54.0 Å². The molecule has 3 N–H and O–H groups in total. The summed E-state index contributed by atoms with van der Waals surface area (Å²) in [5.41, 5.74) is 2.66. The van der Waals surface area contributed by atoms with E-state index in [4.69, 9.17) is 0 Å². The Labute approximate surface area is 273 Å². The molecule has 248 valence electrons. The molecule has 2 aliphatic heterocycles. The number of piperidine rings is 1. The summed E-state index contributed by atoms with van der Waals surface area (Å²) in [4.78, 5) is 48.3. The van der Waals surface area contributed by atoms with Crippen molar-refractivity contribution in [2.75, 3.05) is 26.2 Å². The number of aromatic nitrogens is 4. The summed E-state index contributed by atoms with van der Waals surface area (Å²) >= 11 is 0. The van der Waals surface area contributed by atoms with Crippen molar-refractivity contribution in [3.05, 3.63) is 71.8 Å². The van der Waals surface area contributed by atoms with E-state index in [1.165, 1.54) is 81.5 Å². The second kappa shape index (κ2) is 14.9. The maximum Gasteiger partial charge on any atom is 0.326 e. The molecule has 1 aliphatic carbocycles. The van der Waals surface area contributed by atoms with Gasteiger partial charge in [0.15, 0.2) is 0 Å². The van der Waals surface area contributed by atoms with E-state index in [0.29, 0.717) is 36.3 Å². The van der Waals surface area contributed by atoms with E-state index in [1.807, 2.05) is 6.92 Å². The number of carbonyl (C=O) groups excluding carboxylic acids is 1. The van der Waals surface area contributed by atoms with E-state index in [-0.39, 0.29) is 12.5 Å². The van der Waals surface area contributed by atoms with Crippen molar-refractivity contribution >= 4 is 11.9 Å². The van der Waals surface area contributed by atoms with Gasteiger partial charge in [-0.25, -0.2) is 14.8 Å². The number of carboxylic acid groups (broad SMARTS) is 1. The summed E-state index contributed by atoms with van der Waals surface area (Å²) in [6, 6.07) is 8.33. The fourth-order valence-corrected chi connectivity index (χ4v) is 8.22. The zero-order valence-electron chi connectivity index (χ0n) is 27.4. The van der Waals surface area contributed by atoms with Gasteiger partial charge in [-0.2, -0.15) is 0 Å². The minimum Gasteiger partial charge on any atom is -0.480 e. The van der Waals surface area contributed by atoms with Crippen molar-refractivity contribution in [1.29, 1.82) is 0 Å². The molecule has 0 bridgehead atoms. The average Bonchev–Trinajstić information content (AvgIpc) is 3.86. The van der Waals surface area contributed by atoms with Crippen LogP contribution in [0.25, 0.3) is 0 Å². The molecule has 1 atom stereocenters. The van der Waals surface area contributed by atoms with Crippen LogP contribution >= 0.6 is 0 Å². The smallest absolute Gasteiger partial charge is 0.326 e. The third kappa shape index (κ3) is 7.89. The van der Waals surface area contributed by atoms with E-state index in [1.54, 1.807) is 24.8 Å². The Kier molecular flexibility index (Phi) is 10.5. The predicted molar refractivity (Wildman–Crippen MR) is 177 cm³/mol. The van der Waals surface area contributed by atoms with Gasteiger partial charge in [-0.1, -0.05) is 50.5 Å². The lowest BCUT2D eigenvalue weighted by Crippen LogP contribution is -2.47. The lowest BCUT2D eigenvalue weighted by Gasteiger charge is -2.43. The minimum atomic E-state index is -0.991. The number of hydrogen-bond acceptors (Lipinski definition) is 6. The highest BCUT2D eigenvalue weighted by atomic mass is 16.4. The second-order valence-corrected chi connectivity index (χ2v) is 14.0. The van der Waals surface area contributed by atoms with E-state index < -0.39 is 17.9 Å². The molecule has 3 aromatic rings. The van der Waals surface area contributed by atoms with Gasteiger partial charge in [-0.3, -0.25) is 9.69 Å². The van der Waals surface area contributed by atoms with Gasteiger partial charge in [-0.15, -0.1) is 0 Å². The van der Waals surface area contributed by atoms with Gasteiger partial charge in [0, 0.05) is 63.3 Å². The van der Waals surface area contributed by atoms with Crippen LogP contribution in [-0.4, -0.2) is 89.9 Å². The Balaban J connectivity index is 1.08. The first-order valence-electron chi connectivity index (χ1n) is 17.5. The zero-order valence-corrected chi connectivity index (χ0v) is 27.4. The van der Waals surface area contributed by atoms with Crippen molar-refractivity contribution in [3.8, 4) is 0 Å². The van der Waals surface area contributed by atoms with Crippen LogP contribution in [0.1, 0.15) is 87.5 Å². The minimum absolute atomic E-state index is 0.206. The monoisotopic (exact) mass is 629 g/mol. The van der Waals surface area contributed by atoms with Gasteiger partial charge in [0.2, 0.25) is 5.91 Å². The Morgan fingerprint density at radius 2 is 1.54 bits per heavy atom. The maximum absolute atomic E-state index is 14.1. The molecule has 3 aliphatic rings. The molecule has 1 saturated carbocycles. The fourth-order valence-electron chi connectivity index (χ4n) is 8.22. The molecule has 4 heterocycles. The van der Waals surface area contributed by atoms with Crippen LogP contribution < -0.4 is 0 Å². The van der Waals surface area contributed by atoms with Crippen LogP contribution in [0.3, 0.4) is 0 Å². The summed E-state index contributed by atoms with van der Waals surface area (Å²) in [7, 11) is 0. The zero-order chi connectivity index (χ0) is 31.9. The number of amides is 1. The maximum atomic E-state index is 14.1. The lowest BCUT2D eigenvalue weighted by molar-refractivity contribution is -0.153. The van der Waals surface area contributed by atoms with Crippen molar-refractivity contribution in [2.24, 2.45) is 11.3 Å². The summed E-state index contributed by atoms with van der Waals surface area (Å²) in [6.45, 7) is 7.84. The first-order valence-corrected chi connectivity index (χ1v) is 17.5. The molecule has 1 spiro atoms. The number of nitrogens with one attached hydrogen (secondary N) is 2. The molecule has 3 fully saturated rings. The number of benzene rings is 1. The number of hydrogen-bond donors (Lipinski definition) is 3. The first-order chi connectivity index (χ1) is 22.4. The first kappa shape index (κ1) is 32.4. The summed E-state index contributed by atoms with van der Waals surface area (Å²) in [5, 5.41) is 10.1. The van der Waals surface area contributed by atoms with Gasteiger partial charge >= 0.3 is 5.97 Å². The lowest BCUT2D eigenvalue weighted by atomic mass is 9.77. The topological polar surface area (TPSA) is 121 Å². The van der Waals surface area contributed by atoms with E-state index >= 15 is 0 Å². The SMILES string of the molecule is CCC(C(=O)O)N(Cc1ccc(CN2CCC3(CCN(C4CCCCC4)CC3)C2)cc1)C(=O)C(Cc1ncc[nH]1)Cc1ncc[nH]1. The highest BCUT2D eigenvalue weighted by Crippen LogP contribution is 2.42. The molecule has 1 aromatic carbocycles. The molecule has 1 unspecified atom stereocenters. The number of aliphatic carboxylic acids is 1. The molecule has 10 heteroatoms. The molecule has 2 aromatic heterocycles. The highest BCUT2D eigenvalue weighted by Gasteiger charge is 2.41. The van der Waals surface area contributed by atoms with Gasteiger partial charge in [-0.05, 0) is 74.7 Å². The number of carboxylic acids is 1. The normalized spacial score (nSPS) is 20.0. The molecule has 2 saturated heterocycles. The molecule has 10 nitrogen and oxygen atoms in total. The van der Waals surface area contributed by atoms with Crippen molar-refractivity contribution in [3.63, 3.8) is 0 Å². The van der Waals surface area contributed by atoms with Crippen LogP contribution in [0.15, 0.2) is 49.1 Å². The highest BCUT2D eigenvalue weighted by molar-refractivity contribution is 5.85. The summed E-state index contributed by atoms with van der Waals surface area (Å²) in [6.07, 6.45) is 18.8. The molecule has 0 radical (unpaired) electrons. The average molecular weight is 630 g/mol. The van der Waals surface area contributed by atoms with E-state index in [0.717, 1.165) is 24.7 Å². The van der Waals surface area contributed by atoms with Crippen LogP contribution in [0.5, 0.6) is 0 Å². The van der Waals surface area contributed by atoms with Crippen LogP contribution in [0.2, 0.25) is 0 Å². The third-order valence-corrected chi connectivity index (χ3v) is 10.9. The summed E-state index contributed by atoms with van der Waals surface area (Å²) < 4.78 is 0. The number of carbonyl (C=O) groups is 2. The van der Waals surface area contributed by atoms with Gasteiger partial charge in [0.1, 0.15) is 17.7 Å². The fraction of sp³-hybridized carbons (Fsp3) is 0.611. The molecule has 1 amide bonds. The second-order valence-electron chi connectivity index (χ2n) is 14.0. The molecule has 46 heavy (non-hydrogen) atoms. The Hall–Kier alpha value is -3.50. The van der Waals surface area contributed by atoms with Crippen LogP contribution in [-0.2, 0) is 35.5 Å². The largest absolute Gasteiger partial charge is 0.480 e. The van der Waals surface area contributed by atoms with Crippen molar-refractivity contribution < 1.29 is 14.7 Å². The van der Waals surface area contributed by atoms with E-state index in [9.17, 15) is 14.7 Å². The van der Waals surface area contributed by atoms with Gasteiger partial charge < -0.3 is 24.9 Å². The van der Waals surface area contributed by atoms with Crippen LogP contribution in [0, 0.1) is 11.3 Å². The third-order valence-electron chi connectivity index (χ3n) is 10.9. The van der Waals surface area contributed by atoms with Crippen molar-refractivity contribution in [2.45, 2.75) is 103 Å². The van der Waals surface area contributed by atoms with Crippen LogP contribution in [0.4, 0.5) is 0 Å². The standard InChI is InChI=1S/C36H51N7O3/c1-2-31(35(45)46)43(34(44)29(22-32-37-15-16-38-32)23-33-39-17-18-40-33)25-28-10-8-27(9-11-28)24-41-19-12-36(26-41)13-20-42(21-14-36)30-6-4-3-5-7-30/h8-11,15-18,29-31H,2-7,12-14,19-26H2,1H3,(H,37,38)(H,39,40)(H,45,46). The van der Waals surface area contributed by atoms with Gasteiger partial charge in [0.05, 0.1) is 5.92 Å². The molecular weight excluding hydrogens is 578 g/mol. The quantitative estimate of drug-likeness (QED) is 0.242. The Morgan fingerprint density at radius 1 is 0.935 bits per heavy atom. The number of likely N-dealkylation sites (tertiary alicyclic amines) is 2. The number of H-pyrrole nitrogens is 2. The number of aromatic amines is 2. The predicted octanol–water partition coefficient (Wildman–Crippen LogP) is 5.05. The summed E-state index contributed by atoms with van der Waals surface area (Å²) in [5.74, 6) is -0.327. The number of rotatable bonds is 13. The number of nitrogens with zero attached hydrogens (tertiary/aromatic N) is 5. The Morgan fingerprint density at radius 3 is 2.11 bits per heavy atom. The molecule has 6 rings (SSSR count). The molecular formula is C36H51N7O3. The van der Waals surface area contributed by atoms with Crippen molar-refractivity contribution in [1.82, 2.24) is 34.6 Å². The number of imidazole rings is 2. The Bertz CT molecular complexity index is 1340. The van der Waals surface area contributed by atoms with Gasteiger partial charge in [0.25, 0.3) is 0 Å².